The first-order valence-corrected chi connectivity index (χ1v) is 12.3. The number of pyridine rings is 1. The molecule has 0 aliphatic carbocycles. The van der Waals surface area contributed by atoms with Crippen LogP contribution in [-0.4, -0.2) is 33.4 Å². The summed E-state index contributed by atoms with van der Waals surface area (Å²) in [4.78, 5) is 18.2. The Bertz CT molecular complexity index is 1310. The third-order valence-electron chi connectivity index (χ3n) is 5.78. The molecule has 33 heavy (non-hydrogen) atoms. The highest BCUT2D eigenvalue weighted by atomic mass is 79.9. The summed E-state index contributed by atoms with van der Waals surface area (Å²) in [6, 6.07) is 17.2. The number of hydrazine groups is 1. The molecule has 1 aliphatic heterocycles. The van der Waals surface area contributed by atoms with Crippen LogP contribution in [0.1, 0.15) is 29.6 Å². The molecule has 8 heteroatoms. The standard InChI is InChI=1S/C25H21BrCl2N4O/c26-18-8-4-16(5-9-18)22-23(17-6-10-19(27)11-7-17)32-15-20(28)14-21(24(32)29-22)25(33)30-31-12-2-1-3-13-31/h4-11,14-15H,1-3,12-13H2,(H,30,33). The molecule has 0 bridgehead atoms. The van der Waals surface area contributed by atoms with Gasteiger partial charge in [-0.2, -0.15) is 0 Å². The summed E-state index contributed by atoms with van der Waals surface area (Å²) >= 11 is 16.1. The van der Waals surface area contributed by atoms with Gasteiger partial charge >= 0.3 is 0 Å². The van der Waals surface area contributed by atoms with E-state index in [1.54, 1.807) is 12.3 Å². The Morgan fingerprint density at radius 1 is 0.909 bits per heavy atom. The van der Waals surface area contributed by atoms with Crippen molar-refractivity contribution < 1.29 is 4.79 Å². The van der Waals surface area contributed by atoms with Crippen molar-refractivity contribution in [3.63, 3.8) is 0 Å². The maximum Gasteiger partial charge on any atom is 0.269 e. The van der Waals surface area contributed by atoms with Crippen molar-refractivity contribution in [2.45, 2.75) is 19.3 Å². The predicted octanol–water partition coefficient (Wildman–Crippen LogP) is 6.87. The van der Waals surface area contributed by atoms with Gasteiger partial charge in [-0.15, -0.1) is 0 Å². The van der Waals surface area contributed by atoms with Crippen LogP contribution in [0.15, 0.2) is 65.3 Å². The van der Waals surface area contributed by atoms with Gasteiger partial charge in [0.15, 0.2) is 5.65 Å². The molecule has 1 amide bonds. The van der Waals surface area contributed by atoms with Crippen molar-refractivity contribution in [2.75, 3.05) is 13.1 Å². The van der Waals surface area contributed by atoms with E-state index < -0.39 is 0 Å². The highest BCUT2D eigenvalue weighted by Gasteiger charge is 2.23. The van der Waals surface area contributed by atoms with Gasteiger partial charge in [-0.1, -0.05) is 69.8 Å². The summed E-state index contributed by atoms with van der Waals surface area (Å²) < 4.78 is 2.88. The number of carbonyl (C=O) groups is 1. The number of nitrogens with zero attached hydrogens (tertiary/aromatic N) is 3. The number of fused-ring (bicyclic) bond motifs is 1. The number of rotatable bonds is 4. The van der Waals surface area contributed by atoms with Crippen molar-refractivity contribution in [3.05, 3.63) is 80.9 Å². The number of amides is 1. The monoisotopic (exact) mass is 542 g/mol. The zero-order chi connectivity index (χ0) is 22.9. The molecule has 0 radical (unpaired) electrons. The number of nitrogens with one attached hydrogen (secondary N) is 1. The van der Waals surface area contributed by atoms with E-state index in [4.69, 9.17) is 28.2 Å². The van der Waals surface area contributed by atoms with Crippen LogP contribution in [0.5, 0.6) is 0 Å². The van der Waals surface area contributed by atoms with E-state index in [-0.39, 0.29) is 5.91 Å². The van der Waals surface area contributed by atoms with Gasteiger partial charge in [0.2, 0.25) is 0 Å². The minimum absolute atomic E-state index is 0.209. The van der Waals surface area contributed by atoms with Crippen molar-refractivity contribution in [2.24, 2.45) is 0 Å². The van der Waals surface area contributed by atoms with E-state index >= 15 is 0 Å². The highest BCUT2D eigenvalue weighted by molar-refractivity contribution is 9.10. The fraction of sp³-hybridized carbons (Fsp3) is 0.200. The van der Waals surface area contributed by atoms with E-state index in [0.29, 0.717) is 21.3 Å². The zero-order valence-corrected chi connectivity index (χ0v) is 20.8. The third-order valence-corrected chi connectivity index (χ3v) is 6.77. The molecule has 2 aromatic carbocycles. The summed E-state index contributed by atoms with van der Waals surface area (Å²) in [7, 11) is 0. The van der Waals surface area contributed by atoms with Crippen molar-refractivity contribution >= 4 is 50.7 Å². The summed E-state index contributed by atoms with van der Waals surface area (Å²) in [5.74, 6) is -0.209. The predicted molar refractivity (Wildman–Crippen MR) is 137 cm³/mol. The van der Waals surface area contributed by atoms with Crippen LogP contribution < -0.4 is 5.43 Å². The van der Waals surface area contributed by atoms with Crippen LogP contribution in [0.25, 0.3) is 28.2 Å². The molecule has 168 valence electrons. The SMILES string of the molecule is O=C(NN1CCCCC1)c1cc(Cl)cn2c(-c3ccc(Cl)cc3)c(-c3ccc(Br)cc3)nc12. The number of piperidine rings is 1. The maximum absolute atomic E-state index is 13.3. The molecule has 0 atom stereocenters. The molecular formula is C25H21BrCl2N4O. The maximum atomic E-state index is 13.3. The van der Waals surface area contributed by atoms with Crippen LogP contribution in [0.2, 0.25) is 10.0 Å². The van der Waals surface area contributed by atoms with E-state index in [0.717, 1.165) is 52.9 Å². The second kappa shape index (κ2) is 9.47. The molecule has 0 unspecified atom stereocenters. The number of carbonyl (C=O) groups excluding carboxylic acids is 1. The van der Waals surface area contributed by atoms with Crippen molar-refractivity contribution in [3.8, 4) is 22.5 Å². The molecule has 1 N–H and O–H groups in total. The molecule has 3 heterocycles. The van der Waals surface area contributed by atoms with Gasteiger partial charge in [-0.05, 0) is 43.2 Å². The van der Waals surface area contributed by atoms with Crippen LogP contribution in [0, 0.1) is 0 Å². The van der Waals surface area contributed by atoms with Crippen LogP contribution in [0.4, 0.5) is 0 Å². The number of imidazole rings is 1. The lowest BCUT2D eigenvalue weighted by Gasteiger charge is -2.26. The van der Waals surface area contributed by atoms with E-state index in [1.165, 1.54) is 6.42 Å². The molecule has 1 aliphatic rings. The lowest BCUT2D eigenvalue weighted by molar-refractivity contribution is 0.0751. The van der Waals surface area contributed by atoms with Gasteiger partial charge < -0.3 is 0 Å². The number of benzene rings is 2. The third kappa shape index (κ3) is 4.66. The molecule has 1 saturated heterocycles. The Kier molecular flexibility index (Phi) is 6.43. The highest BCUT2D eigenvalue weighted by Crippen LogP contribution is 2.35. The first-order valence-electron chi connectivity index (χ1n) is 10.8. The van der Waals surface area contributed by atoms with E-state index in [1.807, 2.05) is 57.9 Å². The zero-order valence-electron chi connectivity index (χ0n) is 17.7. The molecular weight excluding hydrogens is 523 g/mol. The van der Waals surface area contributed by atoms with Gasteiger partial charge in [0.1, 0.15) is 0 Å². The van der Waals surface area contributed by atoms with E-state index in [2.05, 4.69) is 21.4 Å². The Morgan fingerprint density at radius 2 is 1.58 bits per heavy atom. The average Bonchev–Trinajstić information content (AvgIpc) is 3.19. The largest absolute Gasteiger partial charge is 0.297 e. The fourth-order valence-corrected chi connectivity index (χ4v) is 4.78. The normalized spacial score (nSPS) is 14.5. The average molecular weight is 544 g/mol. The Labute approximate surface area is 210 Å². The minimum atomic E-state index is -0.209. The summed E-state index contributed by atoms with van der Waals surface area (Å²) in [5.41, 5.74) is 7.50. The summed E-state index contributed by atoms with van der Waals surface area (Å²) in [5, 5.41) is 3.08. The smallest absolute Gasteiger partial charge is 0.269 e. The molecule has 4 aromatic rings. The first-order chi connectivity index (χ1) is 16.0. The second-order valence-corrected chi connectivity index (χ2v) is 9.87. The quantitative estimate of drug-likeness (QED) is 0.305. The molecule has 5 rings (SSSR count). The van der Waals surface area contributed by atoms with Crippen LogP contribution in [0.3, 0.4) is 0 Å². The Balaban J connectivity index is 1.69. The van der Waals surface area contributed by atoms with Gasteiger partial charge in [0, 0.05) is 39.9 Å². The van der Waals surface area contributed by atoms with Crippen LogP contribution >= 0.6 is 39.1 Å². The van der Waals surface area contributed by atoms with Gasteiger partial charge in [-0.25, -0.2) is 9.99 Å². The number of halogens is 3. The molecule has 2 aromatic heterocycles. The topological polar surface area (TPSA) is 49.6 Å². The summed E-state index contributed by atoms with van der Waals surface area (Å²) in [6.07, 6.45) is 5.13. The lowest BCUT2D eigenvalue weighted by atomic mass is 10.0. The Morgan fingerprint density at radius 3 is 2.27 bits per heavy atom. The van der Waals surface area contributed by atoms with Crippen molar-refractivity contribution in [1.29, 1.82) is 0 Å². The molecule has 5 nitrogen and oxygen atoms in total. The van der Waals surface area contributed by atoms with Gasteiger partial charge in [0.25, 0.3) is 5.91 Å². The van der Waals surface area contributed by atoms with Crippen LogP contribution in [-0.2, 0) is 0 Å². The van der Waals surface area contributed by atoms with Gasteiger partial charge in [0.05, 0.1) is 22.0 Å². The fourth-order valence-electron chi connectivity index (χ4n) is 4.18. The van der Waals surface area contributed by atoms with Crippen molar-refractivity contribution in [1.82, 2.24) is 19.8 Å². The molecule has 0 spiro atoms. The van der Waals surface area contributed by atoms with E-state index in [9.17, 15) is 4.79 Å². The molecule has 1 fully saturated rings. The first kappa shape index (κ1) is 22.4. The number of aromatic nitrogens is 2. The Hall–Kier alpha value is -2.38. The minimum Gasteiger partial charge on any atom is -0.297 e. The lowest BCUT2D eigenvalue weighted by Crippen LogP contribution is -2.45. The van der Waals surface area contributed by atoms with Gasteiger partial charge in [-0.3, -0.25) is 14.6 Å². The summed E-state index contributed by atoms with van der Waals surface area (Å²) in [6.45, 7) is 1.69. The molecule has 0 saturated carbocycles. The number of hydrogen-bond donors (Lipinski definition) is 1. The second-order valence-electron chi connectivity index (χ2n) is 8.08. The number of hydrogen-bond acceptors (Lipinski definition) is 3.